The minimum atomic E-state index is -4.96. The predicted octanol–water partition coefficient (Wildman–Crippen LogP) is 4.24. The zero-order valence-electron chi connectivity index (χ0n) is 22.6. The summed E-state index contributed by atoms with van der Waals surface area (Å²) in [7, 11) is 1.96. The molecule has 13 heteroatoms. The van der Waals surface area contributed by atoms with Gasteiger partial charge in [0, 0.05) is 75.4 Å². The first-order chi connectivity index (χ1) is 19.5. The Morgan fingerprint density at radius 1 is 1.00 bits per heavy atom. The van der Waals surface area contributed by atoms with E-state index in [1.54, 1.807) is 0 Å². The van der Waals surface area contributed by atoms with Gasteiger partial charge in [-0.1, -0.05) is 0 Å². The topological polar surface area (TPSA) is 76.6 Å². The lowest BCUT2D eigenvalue weighted by Gasteiger charge is -2.39. The van der Waals surface area contributed by atoms with Crippen molar-refractivity contribution in [2.75, 3.05) is 68.0 Å². The summed E-state index contributed by atoms with van der Waals surface area (Å²) in [5.74, 6) is -2.30. The van der Waals surface area contributed by atoms with Crippen LogP contribution in [0.15, 0.2) is 42.7 Å². The number of piperazine rings is 2. The zero-order valence-corrected chi connectivity index (χ0v) is 22.6. The Bertz CT molecular complexity index is 1410. The van der Waals surface area contributed by atoms with Gasteiger partial charge in [0.25, 0.3) is 5.91 Å². The third-order valence-corrected chi connectivity index (χ3v) is 7.51. The van der Waals surface area contributed by atoms with Gasteiger partial charge in [0.05, 0.1) is 22.5 Å². The Morgan fingerprint density at radius 3 is 2.37 bits per heavy atom. The van der Waals surface area contributed by atoms with Crippen LogP contribution in [0, 0.1) is 11.6 Å². The molecule has 3 heterocycles. The number of nitrogens with one attached hydrogen (secondary N) is 2. The summed E-state index contributed by atoms with van der Waals surface area (Å²) >= 11 is 0. The molecule has 0 aliphatic carbocycles. The molecular weight excluding hydrogens is 545 g/mol. The molecule has 2 fully saturated rings. The van der Waals surface area contributed by atoms with E-state index in [0.717, 1.165) is 38.3 Å². The summed E-state index contributed by atoms with van der Waals surface area (Å²) in [5, 5.41) is 5.79. The summed E-state index contributed by atoms with van der Waals surface area (Å²) in [6.45, 7) is 6.71. The number of hydrogen-bond acceptors (Lipinski definition) is 7. The van der Waals surface area contributed by atoms with E-state index in [1.165, 1.54) is 24.5 Å². The van der Waals surface area contributed by atoms with Crippen molar-refractivity contribution >= 4 is 23.2 Å². The normalized spacial score (nSPS) is 18.5. The van der Waals surface area contributed by atoms with Gasteiger partial charge < -0.3 is 25.3 Å². The van der Waals surface area contributed by atoms with Gasteiger partial charge >= 0.3 is 6.18 Å². The van der Waals surface area contributed by atoms with E-state index in [9.17, 15) is 22.4 Å². The van der Waals surface area contributed by atoms with E-state index < -0.39 is 34.8 Å². The highest BCUT2D eigenvalue weighted by molar-refractivity contribution is 6.07. The fourth-order valence-electron chi connectivity index (χ4n) is 5.04. The zero-order chi connectivity index (χ0) is 29.3. The first-order valence-electron chi connectivity index (χ1n) is 13.3. The number of alkyl halides is 3. The Hall–Kier alpha value is -3.84. The van der Waals surface area contributed by atoms with Crippen molar-refractivity contribution in [3.05, 3.63) is 65.5 Å². The third kappa shape index (κ3) is 6.25. The van der Waals surface area contributed by atoms with Crippen molar-refractivity contribution in [3.63, 3.8) is 0 Å². The van der Waals surface area contributed by atoms with Gasteiger partial charge in [0.1, 0.15) is 11.6 Å². The molecule has 2 N–H and O–H groups in total. The lowest BCUT2D eigenvalue weighted by Crippen LogP contribution is -2.50. The maximum absolute atomic E-state index is 15.6. The number of carbonyl (C=O) groups is 1. The first kappa shape index (κ1) is 28.7. The number of likely N-dealkylation sites (N-methyl/N-ethyl adjacent to an activating group) is 1. The van der Waals surface area contributed by atoms with Crippen molar-refractivity contribution in [2.24, 2.45) is 0 Å². The summed E-state index contributed by atoms with van der Waals surface area (Å²) < 4.78 is 70.2. The molecule has 2 aliphatic rings. The van der Waals surface area contributed by atoms with Gasteiger partial charge in [0.15, 0.2) is 0 Å². The Kier molecular flexibility index (Phi) is 8.09. The van der Waals surface area contributed by atoms with E-state index in [-0.39, 0.29) is 23.4 Å². The molecule has 0 bridgehead atoms. The van der Waals surface area contributed by atoms with Crippen LogP contribution in [-0.4, -0.2) is 79.7 Å². The van der Waals surface area contributed by atoms with Crippen molar-refractivity contribution in [1.29, 1.82) is 0 Å². The van der Waals surface area contributed by atoms with Crippen LogP contribution >= 0.6 is 0 Å². The molecule has 2 aliphatic heterocycles. The highest BCUT2D eigenvalue weighted by Crippen LogP contribution is 2.37. The molecular formula is C28H30F5N7O. The summed E-state index contributed by atoms with van der Waals surface area (Å²) in [6, 6.07) is 4.62. The van der Waals surface area contributed by atoms with Crippen molar-refractivity contribution in [3.8, 4) is 11.1 Å². The minimum Gasteiger partial charge on any atom is -0.367 e. The molecule has 1 aromatic heterocycles. The van der Waals surface area contributed by atoms with Crippen LogP contribution in [0.1, 0.15) is 22.8 Å². The van der Waals surface area contributed by atoms with E-state index in [1.807, 2.05) is 23.8 Å². The van der Waals surface area contributed by atoms with Gasteiger partial charge in [-0.25, -0.2) is 18.7 Å². The fourth-order valence-corrected chi connectivity index (χ4v) is 5.04. The molecule has 2 aromatic carbocycles. The van der Waals surface area contributed by atoms with Crippen LogP contribution in [0.5, 0.6) is 0 Å². The highest BCUT2D eigenvalue weighted by atomic mass is 19.4. The average molecular weight is 576 g/mol. The molecule has 0 radical (unpaired) electrons. The second kappa shape index (κ2) is 11.6. The van der Waals surface area contributed by atoms with Gasteiger partial charge in [-0.05, 0) is 44.3 Å². The molecule has 8 nitrogen and oxygen atoms in total. The number of aromatic nitrogens is 2. The van der Waals surface area contributed by atoms with Crippen LogP contribution in [0.4, 0.5) is 39.3 Å². The monoisotopic (exact) mass is 575 g/mol. The number of nitrogens with zero attached hydrogens (tertiary/aromatic N) is 5. The minimum absolute atomic E-state index is 0.0771. The Labute approximate surface area is 234 Å². The van der Waals surface area contributed by atoms with E-state index >= 15 is 4.39 Å². The van der Waals surface area contributed by atoms with Crippen LogP contribution in [0.3, 0.4) is 0 Å². The van der Waals surface area contributed by atoms with E-state index in [0.29, 0.717) is 36.8 Å². The van der Waals surface area contributed by atoms with E-state index in [4.69, 9.17) is 0 Å². The number of amides is 1. The van der Waals surface area contributed by atoms with Gasteiger partial charge in [-0.2, -0.15) is 13.2 Å². The molecule has 5 rings (SSSR count). The number of carbonyl (C=O) groups excluding carboxylic acids is 1. The number of anilines is 3. The molecule has 218 valence electrons. The standard InChI is InChI=1S/C28H30F5N7O/c1-17-16-40(10-9-38(17)2)25-13-23(30)21(18-14-35-27(36-15-18)39-7-5-34-6-8-39)12-24(25)37-26(41)20-4-3-19(29)11-22(20)28(31,32)33/h3-4,11-15,17,34H,5-10,16H2,1-2H3,(H,37,41). The Balaban J connectivity index is 1.52. The van der Waals surface area contributed by atoms with Crippen LogP contribution in [0.2, 0.25) is 0 Å². The molecule has 41 heavy (non-hydrogen) atoms. The SMILES string of the molecule is CC1CN(c2cc(F)c(-c3cnc(N4CCNCC4)nc3)cc2NC(=O)c2ccc(F)cc2C(F)(F)F)CCN1C. The number of halogens is 5. The van der Waals surface area contributed by atoms with Crippen molar-refractivity contribution in [1.82, 2.24) is 20.2 Å². The molecule has 2 saturated heterocycles. The van der Waals surface area contributed by atoms with Crippen molar-refractivity contribution < 1.29 is 26.7 Å². The molecule has 1 atom stereocenters. The lowest BCUT2D eigenvalue weighted by atomic mass is 10.0. The maximum atomic E-state index is 15.6. The molecule has 0 spiro atoms. The van der Waals surface area contributed by atoms with Crippen LogP contribution < -0.4 is 20.4 Å². The number of rotatable bonds is 5. The summed E-state index contributed by atoms with van der Waals surface area (Å²) in [6.07, 6.45) is -2.00. The predicted molar refractivity (Wildman–Crippen MR) is 146 cm³/mol. The molecule has 1 amide bonds. The molecule has 1 unspecified atom stereocenters. The van der Waals surface area contributed by atoms with Crippen LogP contribution in [0.25, 0.3) is 11.1 Å². The average Bonchev–Trinajstić information content (AvgIpc) is 2.95. The second-order valence-electron chi connectivity index (χ2n) is 10.3. The van der Waals surface area contributed by atoms with Gasteiger partial charge in [-0.15, -0.1) is 0 Å². The molecule has 3 aromatic rings. The molecule has 0 saturated carbocycles. The number of benzene rings is 2. The number of hydrogen-bond donors (Lipinski definition) is 2. The summed E-state index contributed by atoms with van der Waals surface area (Å²) in [5.41, 5.74) is -1.28. The van der Waals surface area contributed by atoms with Gasteiger partial charge in [0.2, 0.25) is 5.95 Å². The Morgan fingerprint density at radius 2 is 1.71 bits per heavy atom. The maximum Gasteiger partial charge on any atom is 0.417 e. The quantitative estimate of drug-likeness (QED) is 0.441. The van der Waals surface area contributed by atoms with E-state index in [2.05, 4.69) is 25.5 Å². The lowest BCUT2D eigenvalue weighted by molar-refractivity contribution is -0.138. The first-order valence-corrected chi connectivity index (χ1v) is 13.3. The third-order valence-electron chi connectivity index (χ3n) is 7.51. The van der Waals surface area contributed by atoms with Crippen LogP contribution in [-0.2, 0) is 6.18 Å². The second-order valence-corrected chi connectivity index (χ2v) is 10.3. The fraction of sp³-hybridized carbons (Fsp3) is 0.393. The highest BCUT2D eigenvalue weighted by Gasteiger charge is 2.36. The summed E-state index contributed by atoms with van der Waals surface area (Å²) in [4.78, 5) is 28.0. The largest absolute Gasteiger partial charge is 0.417 e. The van der Waals surface area contributed by atoms with Crippen molar-refractivity contribution in [2.45, 2.75) is 19.1 Å². The van der Waals surface area contributed by atoms with Gasteiger partial charge in [-0.3, -0.25) is 4.79 Å². The smallest absolute Gasteiger partial charge is 0.367 e.